The average molecular weight is 494 g/mol. The van der Waals surface area contributed by atoms with Gasteiger partial charge in [0.05, 0.1) is 27.0 Å². The van der Waals surface area contributed by atoms with E-state index in [9.17, 15) is 17.2 Å². The number of allylic oxidation sites excluding steroid dienone is 1. The summed E-state index contributed by atoms with van der Waals surface area (Å²) in [6.45, 7) is 1.89. The van der Waals surface area contributed by atoms with Gasteiger partial charge < -0.3 is 5.32 Å². The first-order valence-electron chi connectivity index (χ1n) is 9.72. The molecule has 1 aromatic heterocycles. The molecule has 0 fully saturated rings. The molecular weight excluding hydrogens is 475 g/mol. The van der Waals surface area contributed by atoms with Crippen LogP contribution in [0.5, 0.6) is 0 Å². The maximum Gasteiger partial charge on any atom is 0.267 e. The molecule has 0 saturated heterocycles. The number of aromatic nitrogens is 1. The normalized spacial score (nSPS) is 15.8. The molecule has 7 nitrogen and oxygen atoms in total. The number of thiazole rings is 1. The van der Waals surface area contributed by atoms with Gasteiger partial charge in [0.2, 0.25) is 0 Å². The van der Waals surface area contributed by atoms with Crippen LogP contribution in [0.25, 0.3) is 17.0 Å². The minimum absolute atomic E-state index is 0.00828. The number of hydrogen-bond donors (Lipinski definition) is 3. The highest BCUT2D eigenvalue weighted by atomic mass is 32.2. The van der Waals surface area contributed by atoms with Crippen molar-refractivity contribution in [2.45, 2.75) is 24.5 Å². The first-order chi connectivity index (χ1) is 15.7. The molecule has 0 bridgehead atoms. The average Bonchev–Trinajstić information content (AvgIpc) is 3.19. The van der Waals surface area contributed by atoms with Crippen LogP contribution in [0.1, 0.15) is 16.8 Å². The quantitative estimate of drug-likeness (QED) is 0.483. The van der Waals surface area contributed by atoms with Crippen LogP contribution < -0.4 is 15.8 Å². The largest absolute Gasteiger partial charge is 0.350 e. The molecule has 0 amide bonds. The van der Waals surface area contributed by atoms with Gasteiger partial charge in [-0.1, -0.05) is 19.1 Å². The molecule has 0 saturated carbocycles. The Bertz CT molecular complexity index is 1370. The van der Waals surface area contributed by atoms with E-state index in [0.717, 1.165) is 29.3 Å². The summed E-state index contributed by atoms with van der Waals surface area (Å²) < 4.78 is 70.8. The Morgan fingerprint density at radius 3 is 2.52 bits per heavy atom. The lowest BCUT2D eigenvalue weighted by Crippen LogP contribution is -2.36. The second kappa shape index (κ2) is 8.96. The predicted molar refractivity (Wildman–Crippen MR) is 122 cm³/mol. The van der Waals surface area contributed by atoms with Crippen molar-refractivity contribution in [3.05, 3.63) is 69.8 Å². The van der Waals surface area contributed by atoms with Crippen LogP contribution in [-0.2, 0) is 16.4 Å². The van der Waals surface area contributed by atoms with Crippen LogP contribution in [0.2, 0.25) is 0 Å². The molecule has 12 heteroatoms. The SMILES string of the molecule is CCc1nc(-c2cccc(NS(=O)(=O)c3c(F)cccc3F)c2F)c(C2=CC=NC(N)N2)s1. The molecule has 0 spiro atoms. The van der Waals surface area contributed by atoms with E-state index in [4.69, 9.17) is 5.73 Å². The molecular formula is C21H18F3N5O2S2. The van der Waals surface area contributed by atoms with Gasteiger partial charge in [0, 0.05) is 11.8 Å². The summed E-state index contributed by atoms with van der Waals surface area (Å²) in [6.07, 6.45) is 3.11. The van der Waals surface area contributed by atoms with Crippen molar-refractivity contribution in [3.8, 4) is 11.3 Å². The Kier molecular flexibility index (Phi) is 6.23. The molecule has 172 valence electrons. The van der Waals surface area contributed by atoms with Gasteiger partial charge in [-0.25, -0.2) is 26.6 Å². The Morgan fingerprint density at radius 1 is 1.15 bits per heavy atom. The van der Waals surface area contributed by atoms with Crippen molar-refractivity contribution in [2.24, 2.45) is 10.7 Å². The fraction of sp³-hybridized carbons (Fsp3) is 0.143. The third-order valence-electron chi connectivity index (χ3n) is 4.70. The highest BCUT2D eigenvalue weighted by molar-refractivity contribution is 7.92. The number of benzene rings is 2. The Balaban J connectivity index is 1.78. The van der Waals surface area contributed by atoms with Crippen molar-refractivity contribution < 1.29 is 21.6 Å². The summed E-state index contributed by atoms with van der Waals surface area (Å²) in [5, 5.41) is 3.70. The van der Waals surface area contributed by atoms with Crippen molar-refractivity contribution >= 4 is 39.0 Å². The van der Waals surface area contributed by atoms with Gasteiger partial charge in [0.1, 0.15) is 11.6 Å². The van der Waals surface area contributed by atoms with Gasteiger partial charge in [-0.15, -0.1) is 11.3 Å². The molecule has 1 aliphatic rings. The number of nitrogens with zero attached hydrogens (tertiary/aromatic N) is 2. The molecule has 4 rings (SSSR count). The zero-order valence-electron chi connectivity index (χ0n) is 17.1. The molecule has 0 radical (unpaired) electrons. The van der Waals surface area contributed by atoms with Gasteiger partial charge >= 0.3 is 0 Å². The molecule has 0 aliphatic carbocycles. The summed E-state index contributed by atoms with van der Waals surface area (Å²) in [7, 11) is -4.75. The topological polar surface area (TPSA) is 109 Å². The molecule has 1 atom stereocenters. The molecule has 1 unspecified atom stereocenters. The maximum atomic E-state index is 15.5. The van der Waals surface area contributed by atoms with Crippen molar-refractivity contribution in [1.82, 2.24) is 10.3 Å². The van der Waals surface area contributed by atoms with Gasteiger partial charge in [-0.3, -0.25) is 15.4 Å². The number of halogens is 3. The van der Waals surface area contributed by atoms with Crippen LogP contribution in [0, 0.1) is 17.5 Å². The van der Waals surface area contributed by atoms with Crippen molar-refractivity contribution in [1.29, 1.82) is 0 Å². The fourth-order valence-electron chi connectivity index (χ4n) is 3.21. The number of aliphatic imine (C=N–C) groups is 1. The van der Waals surface area contributed by atoms with Gasteiger partial charge in [0.15, 0.2) is 17.0 Å². The number of nitrogens with one attached hydrogen (secondary N) is 2. The van der Waals surface area contributed by atoms with E-state index >= 15 is 4.39 Å². The number of sulfonamides is 1. The fourth-order valence-corrected chi connectivity index (χ4v) is 5.41. The number of nitrogens with two attached hydrogens (primary N) is 1. The second-order valence-corrected chi connectivity index (χ2v) is 9.63. The highest BCUT2D eigenvalue weighted by Crippen LogP contribution is 2.37. The summed E-state index contributed by atoms with van der Waals surface area (Å²) in [4.78, 5) is 7.88. The standard InChI is InChI=1S/C21H18F3N5O2S2/c1-2-16-28-18(19(32-16)15-9-10-26-21(25)27-15)11-5-3-8-14(17(11)24)29-33(30,31)20-12(22)6-4-7-13(20)23/h3-10,21,27,29H,2,25H2,1H3. The molecule has 33 heavy (non-hydrogen) atoms. The summed E-state index contributed by atoms with van der Waals surface area (Å²) in [6, 6.07) is 6.65. The van der Waals surface area contributed by atoms with Gasteiger partial charge in [-0.2, -0.15) is 0 Å². The predicted octanol–water partition coefficient (Wildman–Crippen LogP) is 3.85. The summed E-state index contributed by atoms with van der Waals surface area (Å²) >= 11 is 1.33. The Morgan fingerprint density at radius 2 is 1.85 bits per heavy atom. The van der Waals surface area contributed by atoms with Crippen LogP contribution in [0.15, 0.2) is 52.4 Å². The van der Waals surface area contributed by atoms with Crippen LogP contribution in [0.4, 0.5) is 18.9 Å². The van der Waals surface area contributed by atoms with E-state index in [1.54, 1.807) is 6.08 Å². The minimum atomic E-state index is -4.75. The van der Waals surface area contributed by atoms with Gasteiger partial charge in [-0.05, 0) is 36.8 Å². The molecule has 2 heterocycles. The summed E-state index contributed by atoms with van der Waals surface area (Å²) in [5.41, 5.74) is 6.21. The molecule has 4 N–H and O–H groups in total. The monoisotopic (exact) mass is 493 g/mol. The third kappa shape index (κ3) is 4.49. The molecule has 2 aromatic carbocycles. The number of hydrogen-bond acceptors (Lipinski definition) is 7. The first-order valence-corrected chi connectivity index (χ1v) is 12.0. The zero-order valence-corrected chi connectivity index (χ0v) is 18.8. The lowest BCUT2D eigenvalue weighted by molar-refractivity contribution is 0.521. The summed E-state index contributed by atoms with van der Waals surface area (Å²) in [5.74, 6) is -3.52. The maximum absolute atomic E-state index is 15.5. The van der Waals surface area contributed by atoms with E-state index in [-0.39, 0.29) is 11.3 Å². The lowest BCUT2D eigenvalue weighted by atomic mass is 10.1. The molecule has 3 aromatic rings. The van der Waals surface area contributed by atoms with Crippen LogP contribution in [0.3, 0.4) is 0 Å². The van der Waals surface area contributed by atoms with E-state index in [0.29, 0.717) is 17.0 Å². The molecule has 1 aliphatic heterocycles. The van der Waals surface area contributed by atoms with E-state index in [1.165, 1.54) is 29.7 Å². The lowest BCUT2D eigenvalue weighted by Gasteiger charge is -2.17. The smallest absolute Gasteiger partial charge is 0.267 e. The van der Waals surface area contributed by atoms with E-state index in [2.05, 4.69) is 15.3 Å². The first kappa shape index (κ1) is 23.0. The zero-order chi connectivity index (χ0) is 23.8. The number of rotatable bonds is 6. The van der Waals surface area contributed by atoms with Crippen LogP contribution in [-0.4, -0.2) is 25.9 Å². The van der Waals surface area contributed by atoms with Gasteiger partial charge in [0.25, 0.3) is 10.0 Å². The number of anilines is 1. The Labute approximate surface area is 191 Å². The van der Waals surface area contributed by atoms with Crippen molar-refractivity contribution in [3.63, 3.8) is 0 Å². The Hall–Kier alpha value is -3.22. The second-order valence-electron chi connectivity index (χ2n) is 6.93. The highest BCUT2D eigenvalue weighted by Gasteiger charge is 2.27. The number of aryl methyl sites for hydroxylation is 1. The third-order valence-corrected chi connectivity index (χ3v) is 7.34. The van der Waals surface area contributed by atoms with Crippen molar-refractivity contribution in [2.75, 3.05) is 4.72 Å². The minimum Gasteiger partial charge on any atom is -0.350 e. The van der Waals surface area contributed by atoms with Crippen LogP contribution >= 0.6 is 11.3 Å². The van der Waals surface area contributed by atoms with E-state index < -0.39 is 44.3 Å². The van der Waals surface area contributed by atoms with E-state index in [1.807, 2.05) is 11.6 Å².